The summed E-state index contributed by atoms with van der Waals surface area (Å²) in [6.45, 7) is 1.86. The molecule has 0 aliphatic heterocycles. The number of nitrogens with zero attached hydrogens (tertiary/aromatic N) is 2. The smallest absolute Gasteiger partial charge is 0.360 e. The van der Waals surface area contributed by atoms with E-state index in [2.05, 4.69) is 10.3 Å². The van der Waals surface area contributed by atoms with Gasteiger partial charge in [-0.15, -0.1) is 0 Å². The van der Waals surface area contributed by atoms with E-state index in [4.69, 9.17) is 9.15 Å². The first kappa shape index (κ1) is 16.9. The van der Waals surface area contributed by atoms with Gasteiger partial charge in [-0.3, -0.25) is 20.2 Å². The summed E-state index contributed by atoms with van der Waals surface area (Å²) >= 11 is 0. The Hall–Kier alpha value is -3.49. The van der Waals surface area contributed by atoms with Gasteiger partial charge in [-0.05, 0) is 30.7 Å². The minimum Gasteiger partial charge on any atom is -0.461 e. The highest BCUT2D eigenvalue weighted by Gasteiger charge is 2.13. The molecule has 124 valence electrons. The predicted molar refractivity (Wildman–Crippen MR) is 83.2 cm³/mol. The second-order valence-electron chi connectivity index (χ2n) is 4.43. The molecule has 0 spiro atoms. The average molecular weight is 331 g/mol. The van der Waals surface area contributed by atoms with E-state index < -0.39 is 16.8 Å². The number of esters is 1. The van der Waals surface area contributed by atoms with Crippen LogP contribution in [0, 0.1) is 10.1 Å². The summed E-state index contributed by atoms with van der Waals surface area (Å²) in [6, 6.07) is 5.53. The van der Waals surface area contributed by atoms with Crippen LogP contribution in [0.5, 0.6) is 0 Å². The molecule has 0 fully saturated rings. The first-order valence-corrected chi connectivity index (χ1v) is 6.85. The van der Waals surface area contributed by atoms with E-state index in [9.17, 15) is 19.7 Å². The molecule has 2 rings (SSSR count). The SMILES string of the molecule is CCOC(=O)c1coc(NC(=O)/C=C/c2ccc([N+](=O)[O-])cc2)n1. The summed E-state index contributed by atoms with van der Waals surface area (Å²) in [7, 11) is 0. The van der Waals surface area contributed by atoms with Crippen molar-refractivity contribution in [3.63, 3.8) is 0 Å². The molecule has 2 aromatic rings. The molecule has 9 nitrogen and oxygen atoms in total. The number of amides is 1. The zero-order chi connectivity index (χ0) is 17.5. The third-order valence-electron chi connectivity index (χ3n) is 2.75. The van der Waals surface area contributed by atoms with Gasteiger partial charge in [0.2, 0.25) is 0 Å². The molecule has 1 aromatic carbocycles. The van der Waals surface area contributed by atoms with Gasteiger partial charge in [-0.25, -0.2) is 4.79 Å². The Morgan fingerprint density at radius 3 is 2.71 bits per heavy atom. The number of carbonyl (C=O) groups excluding carboxylic acids is 2. The molecular weight excluding hydrogens is 318 g/mol. The lowest BCUT2D eigenvalue weighted by atomic mass is 10.2. The highest BCUT2D eigenvalue weighted by atomic mass is 16.6. The van der Waals surface area contributed by atoms with Crippen molar-refractivity contribution in [3.05, 3.63) is 58.0 Å². The fourth-order valence-electron chi connectivity index (χ4n) is 1.66. The number of benzene rings is 1. The molecule has 0 unspecified atom stereocenters. The molecule has 0 aliphatic carbocycles. The van der Waals surface area contributed by atoms with E-state index in [0.717, 1.165) is 6.26 Å². The monoisotopic (exact) mass is 331 g/mol. The number of aromatic nitrogens is 1. The van der Waals surface area contributed by atoms with Crippen molar-refractivity contribution in [1.82, 2.24) is 4.98 Å². The summed E-state index contributed by atoms with van der Waals surface area (Å²) in [5.41, 5.74) is 0.518. The van der Waals surface area contributed by atoms with Crippen molar-refractivity contribution in [3.8, 4) is 0 Å². The number of oxazole rings is 1. The van der Waals surface area contributed by atoms with Crippen molar-refractivity contribution < 1.29 is 23.7 Å². The number of nitrogens with one attached hydrogen (secondary N) is 1. The maximum Gasteiger partial charge on any atom is 0.360 e. The van der Waals surface area contributed by atoms with Crippen molar-refractivity contribution in [2.75, 3.05) is 11.9 Å². The van der Waals surface area contributed by atoms with Crippen LogP contribution in [0.1, 0.15) is 23.0 Å². The van der Waals surface area contributed by atoms with Crippen LogP contribution in [-0.2, 0) is 9.53 Å². The van der Waals surface area contributed by atoms with Crippen molar-refractivity contribution >= 4 is 29.7 Å². The highest BCUT2D eigenvalue weighted by Crippen LogP contribution is 2.13. The van der Waals surface area contributed by atoms with Crippen molar-refractivity contribution in [2.24, 2.45) is 0 Å². The van der Waals surface area contributed by atoms with E-state index >= 15 is 0 Å². The number of hydrogen-bond acceptors (Lipinski definition) is 7. The number of carbonyl (C=O) groups is 2. The summed E-state index contributed by atoms with van der Waals surface area (Å²) in [5, 5.41) is 12.9. The molecule has 1 amide bonds. The first-order valence-electron chi connectivity index (χ1n) is 6.85. The molecule has 24 heavy (non-hydrogen) atoms. The number of rotatable bonds is 6. The van der Waals surface area contributed by atoms with Gasteiger partial charge in [0.15, 0.2) is 5.69 Å². The topological polar surface area (TPSA) is 125 Å². The largest absolute Gasteiger partial charge is 0.461 e. The van der Waals surface area contributed by atoms with Crippen molar-refractivity contribution in [1.29, 1.82) is 0 Å². The van der Waals surface area contributed by atoms with E-state index in [1.165, 1.54) is 36.4 Å². The summed E-state index contributed by atoms with van der Waals surface area (Å²) in [5.74, 6) is -1.19. The lowest BCUT2D eigenvalue weighted by Gasteiger charge is -1.96. The third kappa shape index (κ3) is 4.50. The average Bonchev–Trinajstić information content (AvgIpc) is 3.02. The predicted octanol–water partition coefficient (Wildman–Crippen LogP) is 2.41. The van der Waals surface area contributed by atoms with E-state index in [1.807, 2.05) is 0 Å². The van der Waals surface area contributed by atoms with Crippen LogP contribution in [0.2, 0.25) is 0 Å². The van der Waals surface area contributed by atoms with Crippen LogP contribution in [-0.4, -0.2) is 28.4 Å². The quantitative estimate of drug-likeness (QED) is 0.373. The van der Waals surface area contributed by atoms with Gasteiger partial charge >= 0.3 is 12.0 Å². The van der Waals surface area contributed by atoms with Crippen LogP contribution < -0.4 is 5.32 Å². The van der Waals surface area contributed by atoms with Gasteiger partial charge in [0, 0.05) is 18.2 Å². The molecular formula is C15H13N3O6. The Morgan fingerprint density at radius 2 is 2.08 bits per heavy atom. The molecule has 1 N–H and O–H groups in total. The molecule has 0 saturated carbocycles. The molecule has 0 radical (unpaired) electrons. The molecule has 1 heterocycles. The fourth-order valence-corrected chi connectivity index (χ4v) is 1.66. The molecule has 0 saturated heterocycles. The van der Waals surface area contributed by atoms with Crippen LogP contribution in [0.15, 0.2) is 41.0 Å². The van der Waals surface area contributed by atoms with Gasteiger partial charge in [0.05, 0.1) is 11.5 Å². The van der Waals surface area contributed by atoms with Crippen LogP contribution in [0.3, 0.4) is 0 Å². The lowest BCUT2D eigenvalue weighted by molar-refractivity contribution is -0.384. The molecule has 1 aromatic heterocycles. The van der Waals surface area contributed by atoms with Crippen molar-refractivity contribution in [2.45, 2.75) is 6.92 Å². The number of hydrogen-bond donors (Lipinski definition) is 1. The maximum absolute atomic E-state index is 11.7. The first-order chi connectivity index (χ1) is 11.5. The number of non-ortho nitro benzene ring substituents is 1. The Morgan fingerprint density at radius 1 is 1.38 bits per heavy atom. The summed E-state index contributed by atoms with van der Waals surface area (Å²) < 4.78 is 9.69. The summed E-state index contributed by atoms with van der Waals surface area (Å²) in [6.07, 6.45) is 3.75. The number of nitro groups is 1. The van der Waals surface area contributed by atoms with Gasteiger partial charge in [0.25, 0.3) is 11.6 Å². The Bertz CT molecular complexity index is 779. The standard InChI is InChI=1S/C15H13N3O6/c1-2-23-14(20)12-9-24-15(16-12)17-13(19)8-5-10-3-6-11(7-4-10)18(21)22/h3-9H,2H2,1H3,(H,16,17,19)/b8-5+. The van der Waals surface area contributed by atoms with Gasteiger partial charge in [-0.2, -0.15) is 4.98 Å². The van der Waals surface area contributed by atoms with Gasteiger partial charge < -0.3 is 9.15 Å². The maximum atomic E-state index is 11.7. The number of anilines is 1. The Balaban J connectivity index is 1.95. The van der Waals surface area contributed by atoms with E-state index in [0.29, 0.717) is 5.56 Å². The Labute approximate surface area is 136 Å². The zero-order valence-electron chi connectivity index (χ0n) is 12.6. The van der Waals surface area contributed by atoms with E-state index in [1.54, 1.807) is 6.92 Å². The van der Waals surface area contributed by atoms with E-state index in [-0.39, 0.29) is 24.0 Å². The molecule has 0 bridgehead atoms. The third-order valence-corrected chi connectivity index (χ3v) is 2.75. The molecule has 0 aliphatic rings. The highest BCUT2D eigenvalue weighted by molar-refractivity contribution is 6.01. The minimum atomic E-state index is -0.650. The normalized spacial score (nSPS) is 10.5. The van der Waals surface area contributed by atoms with Gasteiger partial charge in [-0.1, -0.05) is 0 Å². The van der Waals surface area contributed by atoms with Crippen LogP contribution in [0.4, 0.5) is 11.7 Å². The van der Waals surface area contributed by atoms with Crippen LogP contribution in [0.25, 0.3) is 6.08 Å². The zero-order valence-corrected chi connectivity index (χ0v) is 12.6. The number of nitro benzene ring substituents is 1. The van der Waals surface area contributed by atoms with Gasteiger partial charge in [0.1, 0.15) is 6.26 Å². The second-order valence-corrected chi connectivity index (χ2v) is 4.43. The minimum absolute atomic E-state index is 0.0390. The lowest BCUT2D eigenvalue weighted by Crippen LogP contribution is -2.09. The second kappa shape index (κ2) is 7.68. The Kier molecular flexibility index (Phi) is 5.40. The number of ether oxygens (including phenoxy) is 1. The summed E-state index contributed by atoms with van der Waals surface area (Å²) in [4.78, 5) is 37.0. The molecule has 0 atom stereocenters. The fraction of sp³-hybridized carbons (Fsp3) is 0.133. The molecule has 9 heteroatoms. The van der Waals surface area contributed by atoms with Crippen LogP contribution >= 0.6 is 0 Å².